The summed E-state index contributed by atoms with van der Waals surface area (Å²) in [7, 11) is 0. The average molecular weight is 326 g/mol. The van der Waals surface area contributed by atoms with Gasteiger partial charge in [-0.05, 0) is 18.2 Å². The predicted octanol–water partition coefficient (Wildman–Crippen LogP) is 1.99. The van der Waals surface area contributed by atoms with Crippen LogP contribution in [0.3, 0.4) is 0 Å². The number of nitro benzene ring substituents is 1. The van der Waals surface area contributed by atoms with Crippen LogP contribution >= 0.6 is 0 Å². The number of benzene rings is 2. The van der Waals surface area contributed by atoms with E-state index in [9.17, 15) is 19.7 Å². The number of hydrogen-bond donors (Lipinski definition) is 2. The fraction of sp³-hybridized carbons (Fsp3) is 0.125. The van der Waals surface area contributed by atoms with Crippen LogP contribution in [0, 0.1) is 10.1 Å². The summed E-state index contributed by atoms with van der Waals surface area (Å²) in [5.41, 5.74) is 1.61. The van der Waals surface area contributed by atoms with Gasteiger partial charge in [-0.25, -0.2) is 0 Å². The molecule has 0 fully saturated rings. The molecule has 2 aromatic rings. The molecule has 3 rings (SSSR count). The highest BCUT2D eigenvalue weighted by Gasteiger charge is 2.26. The summed E-state index contributed by atoms with van der Waals surface area (Å²) in [4.78, 5) is 35.8. The van der Waals surface area contributed by atoms with Crippen LogP contribution in [0.25, 0.3) is 0 Å². The Balaban J connectivity index is 1.73. The number of anilines is 3. The van der Waals surface area contributed by atoms with Gasteiger partial charge in [0.2, 0.25) is 11.8 Å². The second kappa shape index (κ2) is 6.37. The molecule has 0 saturated carbocycles. The highest BCUT2D eigenvalue weighted by molar-refractivity contribution is 6.10. The largest absolute Gasteiger partial charge is 0.376 e. The van der Waals surface area contributed by atoms with Crippen LogP contribution in [0.1, 0.15) is 0 Å². The number of nitrogens with one attached hydrogen (secondary N) is 2. The topological polar surface area (TPSA) is 105 Å². The molecule has 1 aliphatic heterocycles. The fourth-order valence-corrected chi connectivity index (χ4v) is 2.46. The number of hydrogen-bond acceptors (Lipinski definition) is 5. The number of amides is 2. The summed E-state index contributed by atoms with van der Waals surface area (Å²) >= 11 is 0. The van der Waals surface area contributed by atoms with E-state index >= 15 is 0 Å². The maximum atomic E-state index is 12.4. The molecular weight excluding hydrogens is 312 g/mol. The Bertz CT molecular complexity index is 821. The first-order chi connectivity index (χ1) is 11.5. The Kier molecular flexibility index (Phi) is 4.11. The normalized spacial score (nSPS) is 13.0. The molecule has 122 valence electrons. The molecule has 0 radical (unpaired) electrons. The first kappa shape index (κ1) is 15.5. The Labute approximate surface area is 137 Å². The molecule has 0 bridgehead atoms. The standard InChI is InChI=1S/C16H14N4O4/c21-15-10-19(14-7-2-1-6-13(14)18-15)16(22)9-17-11-4-3-5-12(8-11)20(23)24/h1-8,17H,9-10H2,(H,18,21). The molecule has 1 heterocycles. The molecule has 0 aromatic heterocycles. The lowest BCUT2D eigenvalue weighted by molar-refractivity contribution is -0.384. The first-order valence-corrected chi connectivity index (χ1v) is 7.22. The number of rotatable bonds is 4. The summed E-state index contributed by atoms with van der Waals surface area (Å²) in [5.74, 6) is -0.568. The maximum absolute atomic E-state index is 12.4. The first-order valence-electron chi connectivity index (χ1n) is 7.22. The van der Waals surface area contributed by atoms with Crippen molar-refractivity contribution in [3.63, 3.8) is 0 Å². The number of para-hydroxylation sites is 2. The SMILES string of the molecule is O=C1CN(C(=O)CNc2cccc([N+](=O)[O-])c2)c2ccccc2N1. The Morgan fingerprint density at radius 2 is 2.04 bits per heavy atom. The summed E-state index contributed by atoms with van der Waals surface area (Å²) in [6.45, 7) is -0.144. The minimum absolute atomic E-state index is 0.0601. The highest BCUT2D eigenvalue weighted by Crippen LogP contribution is 2.28. The zero-order chi connectivity index (χ0) is 17.1. The number of carbonyl (C=O) groups is 2. The third kappa shape index (κ3) is 3.17. The Morgan fingerprint density at radius 1 is 1.25 bits per heavy atom. The average Bonchev–Trinajstić information content (AvgIpc) is 2.59. The third-order valence-corrected chi connectivity index (χ3v) is 3.57. The van der Waals surface area contributed by atoms with E-state index in [-0.39, 0.29) is 30.6 Å². The van der Waals surface area contributed by atoms with Crippen molar-refractivity contribution in [3.8, 4) is 0 Å². The van der Waals surface area contributed by atoms with E-state index in [4.69, 9.17) is 0 Å². The van der Waals surface area contributed by atoms with Crippen LogP contribution in [0.4, 0.5) is 22.7 Å². The van der Waals surface area contributed by atoms with E-state index in [0.717, 1.165) is 0 Å². The van der Waals surface area contributed by atoms with Gasteiger partial charge in [-0.15, -0.1) is 0 Å². The van der Waals surface area contributed by atoms with Gasteiger partial charge in [-0.2, -0.15) is 0 Å². The molecule has 0 saturated heterocycles. The molecular formula is C16H14N4O4. The lowest BCUT2D eigenvalue weighted by Crippen LogP contribution is -2.44. The van der Waals surface area contributed by atoms with Gasteiger partial charge in [0, 0.05) is 17.8 Å². The van der Waals surface area contributed by atoms with Crippen molar-refractivity contribution < 1.29 is 14.5 Å². The molecule has 0 unspecified atom stereocenters. The second-order valence-corrected chi connectivity index (χ2v) is 5.21. The van der Waals surface area contributed by atoms with Gasteiger partial charge in [0.05, 0.1) is 22.8 Å². The summed E-state index contributed by atoms with van der Waals surface area (Å²) in [6.07, 6.45) is 0. The molecule has 2 N–H and O–H groups in total. The molecule has 8 heteroatoms. The van der Waals surface area contributed by atoms with Crippen molar-refractivity contribution in [1.82, 2.24) is 0 Å². The Hall–Kier alpha value is -3.42. The smallest absolute Gasteiger partial charge is 0.271 e. The zero-order valence-corrected chi connectivity index (χ0v) is 12.6. The van der Waals surface area contributed by atoms with Crippen molar-refractivity contribution in [3.05, 3.63) is 58.6 Å². The van der Waals surface area contributed by atoms with Gasteiger partial charge in [0.15, 0.2) is 0 Å². The molecule has 8 nitrogen and oxygen atoms in total. The van der Waals surface area contributed by atoms with Crippen molar-refractivity contribution in [2.45, 2.75) is 0 Å². The summed E-state index contributed by atoms with van der Waals surface area (Å²) in [6, 6.07) is 12.9. The van der Waals surface area contributed by atoms with E-state index in [1.54, 1.807) is 30.3 Å². The van der Waals surface area contributed by atoms with E-state index in [2.05, 4.69) is 10.6 Å². The van der Waals surface area contributed by atoms with Crippen LogP contribution in [-0.4, -0.2) is 29.8 Å². The van der Waals surface area contributed by atoms with Gasteiger partial charge >= 0.3 is 0 Å². The molecule has 2 amide bonds. The van der Waals surface area contributed by atoms with Crippen LogP contribution in [0.15, 0.2) is 48.5 Å². The number of carbonyl (C=O) groups excluding carboxylic acids is 2. The molecule has 24 heavy (non-hydrogen) atoms. The van der Waals surface area contributed by atoms with Crippen molar-refractivity contribution in [1.29, 1.82) is 0 Å². The molecule has 0 spiro atoms. The monoisotopic (exact) mass is 326 g/mol. The van der Waals surface area contributed by atoms with Crippen LogP contribution in [-0.2, 0) is 9.59 Å². The van der Waals surface area contributed by atoms with Crippen molar-refractivity contribution in [2.24, 2.45) is 0 Å². The molecule has 1 aliphatic rings. The lowest BCUT2D eigenvalue weighted by atomic mass is 10.2. The van der Waals surface area contributed by atoms with E-state index in [1.165, 1.54) is 23.1 Å². The zero-order valence-electron chi connectivity index (χ0n) is 12.6. The minimum Gasteiger partial charge on any atom is -0.376 e. The number of nitrogens with zero attached hydrogens (tertiary/aromatic N) is 2. The second-order valence-electron chi connectivity index (χ2n) is 5.21. The van der Waals surface area contributed by atoms with Gasteiger partial charge < -0.3 is 10.6 Å². The number of non-ortho nitro benzene ring substituents is 1. The van der Waals surface area contributed by atoms with Crippen molar-refractivity contribution in [2.75, 3.05) is 28.6 Å². The van der Waals surface area contributed by atoms with Gasteiger partial charge in [-0.3, -0.25) is 24.6 Å². The fourth-order valence-electron chi connectivity index (χ4n) is 2.46. The van der Waals surface area contributed by atoms with Crippen LogP contribution in [0.5, 0.6) is 0 Å². The highest BCUT2D eigenvalue weighted by atomic mass is 16.6. The van der Waals surface area contributed by atoms with Crippen LogP contribution in [0.2, 0.25) is 0 Å². The Morgan fingerprint density at radius 3 is 2.83 bits per heavy atom. The minimum atomic E-state index is -0.502. The maximum Gasteiger partial charge on any atom is 0.271 e. The number of fused-ring (bicyclic) bond motifs is 1. The summed E-state index contributed by atoms with van der Waals surface area (Å²) in [5, 5.41) is 16.3. The lowest BCUT2D eigenvalue weighted by Gasteiger charge is -2.29. The van der Waals surface area contributed by atoms with Crippen molar-refractivity contribution >= 4 is 34.6 Å². The van der Waals surface area contributed by atoms with Gasteiger partial charge in [0.1, 0.15) is 6.54 Å². The molecule has 0 aliphatic carbocycles. The number of nitro groups is 1. The quantitative estimate of drug-likeness (QED) is 0.660. The van der Waals surface area contributed by atoms with E-state index in [1.807, 2.05) is 0 Å². The predicted molar refractivity (Wildman–Crippen MR) is 89.0 cm³/mol. The molecule has 2 aromatic carbocycles. The van der Waals surface area contributed by atoms with E-state index < -0.39 is 4.92 Å². The molecule has 0 atom stereocenters. The summed E-state index contributed by atoms with van der Waals surface area (Å²) < 4.78 is 0. The van der Waals surface area contributed by atoms with Gasteiger partial charge in [0.25, 0.3) is 5.69 Å². The van der Waals surface area contributed by atoms with Crippen LogP contribution < -0.4 is 15.5 Å². The van der Waals surface area contributed by atoms with Gasteiger partial charge in [-0.1, -0.05) is 18.2 Å². The van der Waals surface area contributed by atoms with E-state index in [0.29, 0.717) is 17.1 Å². The third-order valence-electron chi connectivity index (χ3n) is 3.57.